The Labute approximate surface area is 89.1 Å². The van der Waals surface area contributed by atoms with Crippen molar-refractivity contribution in [3.63, 3.8) is 0 Å². The van der Waals surface area contributed by atoms with Gasteiger partial charge in [-0.2, -0.15) is 0 Å². The first-order valence-electron chi connectivity index (χ1n) is 4.05. The zero-order chi connectivity index (χ0) is 13.1. The molecule has 0 aromatic carbocycles. The molecule has 0 aliphatic carbocycles. The molecule has 0 fully saturated rings. The third kappa shape index (κ3) is 2.47. The van der Waals surface area contributed by atoms with Crippen molar-refractivity contribution in [2.24, 2.45) is 11.3 Å². The molecule has 0 aromatic heterocycles. The van der Waals surface area contributed by atoms with Gasteiger partial charge in [-0.3, -0.25) is 19.2 Å². The molecule has 1 atom stereocenters. The Balaban J connectivity index is 5.44. The van der Waals surface area contributed by atoms with Gasteiger partial charge in [-0.05, 0) is 6.92 Å². The van der Waals surface area contributed by atoms with E-state index in [0.717, 1.165) is 0 Å². The van der Waals surface area contributed by atoms with Crippen molar-refractivity contribution in [2.75, 3.05) is 0 Å². The molecule has 0 bridgehead atoms. The summed E-state index contributed by atoms with van der Waals surface area (Å²) in [5.74, 6) is -9.20. The van der Waals surface area contributed by atoms with Crippen LogP contribution in [0.5, 0.6) is 0 Å². The van der Waals surface area contributed by atoms with E-state index in [9.17, 15) is 19.2 Å². The highest BCUT2D eigenvalue weighted by Gasteiger charge is 2.53. The summed E-state index contributed by atoms with van der Waals surface area (Å²) in [6.45, 7) is 0.666. The molecule has 0 aliphatic heterocycles. The SMILES string of the molecule is CC(C(=O)O)(C(=O)O)C(CC(=O)O)C(=O)O. The fraction of sp³-hybridized carbons (Fsp3) is 0.500. The third-order valence-corrected chi connectivity index (χ3v) is 2.26. The van der Waals surface area contributed by atoms with Crippen molar-refractivity contribution in [3.8, 4) is 0 Å². The standard InChI is InChI=1S/C8H10O8/c1-8(6(13)14,7(15)16)3(5(11)12)2-4(9)10/h3H,2H2,1H3,(H,9,10)(H,11,12)(H,13,14)(H,15,16). The molecular weight excluding hydrogens is 224 g/mol. The molecule has 0 aliphatic rings. The lowest BCUT2D eigenvalue weighted by Crippen LogP contribution is -2.47. The summed E-state index contributed by atoms with van der Waals surface area (Å²) in [6, 6.07) is 0. The van der Waals surface area contributed by atoms with Crippen LogP contribution in [0.4, 0.5) is 0 Å². The van der Waals surface area contributed by atoms with E-state index in [4.69, 9.17) is 20.4 Å². The number of hydrogen-bond acceptors (Lipinski definition) is 4. The monoisotopic (exact) mass is 234 g/mol. The van der Waals surface area contributed by atoms with E-state index in [2.05, 4.69) is 0 Å². The van der Waals surface area contributed by atoms with Gasteiger partial charge in [-0.25, -0.2) is 0 Å². The van der Waals surface area contributed by atoms with Crippen molar-refractivity contribution < 1.29 is 39.6 Å². The van der Waals surface area contributed by atoms with Gasteiger partial charge >= 0.3 is 23.9 Å². The Kier molecular flexibility index (Phi) is 3.99. The predicted octanol–water partition coefficient (Wildman–Crippen LogP) is -0.663. The minimum absolute atomic E-state index is 0.666. The van der Waals surface area contributed by atoms with E-state index in [1.165, 1.54) is 0 Å². The lowest BCUT2D eigenvalue weighted by Gasteiger charge is -2.25. The van der Waals surface area contributed by atoms with Gasteiger partial charge in [0.1, 0.15) is 0 Å². The summed E-state index contributed by atoms with van der Waals surface area (Å²) >= 11 is 0. The summed E-state index contributed by atoms with van der Waals surface area (Å²) in [6.07, 6.45) is -1.08. The van der Waals surface area contributed by atoms with Crippen LogP contribution >= 0.6 is 0 Å². The lowest BCUT2D eigenvalue weighted by molar-refractivity contribution is -0.175. The molecule has 8 heteroatoms. The van der Waals surface area contributed by atoms with E-state index in [1.54, 1.807) is 0 Å². The zero-order valence-corrected chi connectivity index (χ0v) is 8.21. The quantitative estimate of drug-likeness (QED) is 0.442. The minimum atomic E-state index is -2.68. The maximum absolute atomic E-state index is 10.8. The van der Waals surface area contributed by atoms with Crippen LogP contribution in [0.15, 0.2) is 0 Å². The lowest BCUT2D eigenvalue weighted by atomic mass is 9.75. The molecule has 0 saturated carbocycles. The van der Waals surface area contributed by atoms with Crippen LogP contribution < -0.4 is 0 Å². The molecule has 0 saturated heterocycles. The van der Waals surface area contributed by atoms with Crippen molar-refractivity contribution >= 4 is 23.9 Å². The van der Waals surface area contributed by atoms with Gasteiger partial charge in [0.05, 0.1) is 12.3 Å². The highest BCUT2D eigenvalue weighted by molar-refractivity contribution is 6.02. The molecule has 0 amide bonds. The Morgan fingerprint density at radius 3 is 1.56 bits per heavy atom. The molecule has 1 unspecified atom stereocenters. The van der Waals surface area contributed by atoms with E-state index in [-0.39, 0.29) is 0 Å². The molecule has 4 N–H and O–H groups in total. The van der Waals surface area contributed by atoms with Crippen LogP contribution in [0.2, 0.25) is 0 Å². The third-order valence-electron chi connectivity index (χ3n) is 2.26. The molecule has 0 heterocycles. The maximum atomic E-state index is 10.8. The van der Waals surface area contributed by atoms with Gasteiger partial charge in [-0.15, -0.1) is 0 Å². The van der Waals surface area contributed by atoms with Gasteiger partial charge in [0, 0.05) is 0 Å². The Morgan fingerprint density at radius 2 is 1.38 bits per heavy atom. The van der Waals surface area contributed by atoms with Crippen molar-refractivity contribution in [1.82, 2.24) is 0 Å². The second-order valence-corrected chi connectivity index (χ2v) is 3.30. The van der Waals surface area contributed by atoms with Crippen LogP contribution in [0, 0.1) is 11.3 Å². The number of carboxylic acids is 4. The van der Waals surface area contributed by atoms with Crippen LogP contribution in [-0.2, 0) is 19.2 Å². The normalized spacial score (nSPS) is 12.8. The summed E-state index contributed by atoms with van der Waals surface area (Å²) < 4.78 is 0. The maximum Gasteiger partial charge on any atom is 0.321 e. The smallest absolute Gasteiger partial charge is 0.321 e. The molecule has 16 heavy (non-hydrogen) atoms. The number of rotatable bonds is 6. The number of aliphatic carboxylic acids is 4. The second kappa shape index (κ2) is 4.60. The molecular formula is C8H10O8. The number of carbonyl (C=O) groups is 4. The Morgan fingerprint density at radius 1 is 1.00 bits per heavy atom. The zero-order valence-electron chi connectivity index (χ0n) is 8.21. The first kappa shape index (κ1) is 13.9. The second-order valence-electron chi connectivity index (χ2n) is 3.30. The predicted molar refractivity (Wildman–Crippen MR) is 46.8 cm³/mol. The average molecular weight is 234 g/mol. The van der Waals surface area contributed by atoms with Gasteiger partial charge < -0.3 is 20.4 Å². The van der Waals surface area contributed by atoms with Crippen molar-refractivity contribution in [3.05, 3.63) is 0 Å². The minimum Gasteiger partial charge on any atom is -0.481 e. The van der Waals surface area contributed by atoms with Gasteiger partial charge in [0.15, 0.2) is 5.41 Å². The van der Waals surface area contributed by atoms with E-state index >= 15 is 0 Å². The fourth-order valence-electron chi connectivity index (χ4n) is 1.10. The molecule has 0 rings (SSSR count). The van der Waals surface area contributed by atoms with Crippen LogP contribution in [0.25, 0.3) is 0 Å². The molecule has 0 radical (unpaired) electrons. The summed E-state index contributed by atoms with van der Waals surface area (Å²) in [4.78, 5) is 42.6. The van der Waals surface area contributed by atoms with Crippen molar-refractivity contribution in [2.45, 2.75) is 13.3 Å². The van der Waals surface area contributed by atoms with Crippen LogP contribution in [0.3, 0.4) is 0 Å². The van der Waals surface area contributed by atoms with Crippen LogP contribution in [0.1, 0.15) is 13.3 Å². The summed E-state index contributed by atoms with van der Waals surface area (Å²) in [7, 11) is 0. The number of hydrogen-bond donors (Lipinski definition) is 4. The van der Waals surface area contributed by atoms with E-state index < -0.39 is 41.6 Å². The largest absolute Gasteiger partial charge is 0.481 e. The molecule has 0 aromatic rings. The molecule has 0 spiro atoms. The van der Waals surface area contributed by atoms with Gasteiger partial charge in [0.2, 0.25) is 0 Å². The fourth-order valence-corrected chi connectivity index (χ4v) is 1.10. The average Bonchev–Trinajstić information content (AvgIpc) is 2.11. The number of carboxylic acid groups (broad SMARTS) is 4. The molecule has 90 valence electrons. The topological polar surface area (TPSA) is 149 Å². The highest BCUT2D eigenvalue weighted by atomic mass is 16.4. The Hall–Kier alpha value is -2.12. The summed E-state index contributed by atoms with van der Waals surface area (Å²) in [5, 5.41) is 34.5. The highest BCUT2D eigenvalue weighted by Crippen LogP contribution is 2.31. The van der Waals surface area contributed by atoms with Gasteiger partial charge in [0.25, 0.3) is 0 Å². The van der Waals surface area contributed by atoms with Gasteiger partial charge in [-0.1, -0.05) is 0 Å². The first-order chi connectivity index (χ1) is 7.13. The molecule has 8 nitrogen and oxygen atoms in total. The van der Waals surface area contributed by atoms with E-state index in [0.29, 0.717) is 6.92 Å². The van der Waals surface area contributed by atoms with Crippen molar-refractivity contribution in [1.29, 1.82) is 0 Å². The van der Waals surface area contributed by atoms with E-state index in [1.807, 2.05) is 0 Å². The first-order valence-corrected chi connectivity index (χ1v) is 4.05. The Bertz CT molecular complexity index is 330. The van der Waals surface area contributed by atoms with Crippen LogP contribution in [-0.4, -0.2) is 44.3 Å². The summed E-state index contributed by atoms with van der Waals surface area (Å²) in [5.41, 5.74) is -2.68.